The molecule has 0 saturated carbocycles. The van der Waals surface area contributed by atoms with Gasteiger partial charge in [-0.1, -0.05) is 0 Å². The van der Waals surface area contributed by atoms with E-state index < -0.39 is 6.04 Å². The molecule has 1 N–H and O–H groups in total. The van der Waals surface area contributed by atoms with E-state index in [0.29, 0.717) is 12.2 Å². The predicted molar refractivity (Wildman–Crippen MR) is 65.6 cm³/mol. The molecule has 1 heterocycles. The number of benzene rings is 1. The molecule has 0 spiro atoms. The molecular formula is C13H15FN2O2. The number of hydrogen-bond donors (Lipinski definition) is 1. The summed E-state index contributed by atoms with van der Waals surface area (Å²) in [5, 5.41) is 2.91. The number of nitrogens with one attached hydrogen (secondary N) is 1. The zero-order chi connectivity index (χ0) is 13.3. The number of likely N-dealkylation sites (N-methyl/N-ethyl adjacent to an activating group) is 1. The summed E-state index contributed by atoms with van der Waals surface area (Å²) in [7, 11) is 0. The Labute approximate surface area is 105 Å². The number of rotatable bonds is 3. The van der Waals surface area contributed by atoms with Crippen molar-refractivity contribution in [1.82, 2.24) is 4.90 Å². The maximum absolute atomic E-state index is 13.2. The lowest BCUT2D eigenvalue weighted by Gasteiger charge is -2.14. The van der Waals surface area contributed by atoms with Gasteiger partial charge in [0.2, 0.25) is 5.91 Å². The van der Waals surface area contributed by atoms with E-state index in [-0.39, 0.29) is 24.1 Å². The van der Waals surface area contributed by atoms with Crippen LogP contribution in [0.1, 0.15) is 18.9 Å². The number of hydrogen-bond acceptors (Lipinski definition) is 3. The quantitative estimate of drug-likeness (QED) is 0.830. The van der Waals surface area contributed by atoms with Crippen molar-refractivity contribution in [3.63, 3.8) is 0 Å². The van der Waals surface area contributed by atoms with Crippen LogP contribution < -0.4 is 5.32 Å². The van der Waals surface area contributed by atoms with Crippen molar-refractivity contribution in [2.24, 2.45) is 0 Å². The molecule has 18 heavy (non-hydrogen) atoms. The molecule has 1 fully saturated rings. The number of carbonyl (C=O) groups excluding carboxylic acids is 2. The van der Waals surface area contributed by atoms with E-state index in [9.17, 15) is 14.0 Å². The van der Waals surface area contributed by atoms with Crippen molar-refractivity contribution < 1.29 is 14.0 Å². The second kappa shape index (κ2) is 4.76. The van der Waals surface area contributed by atoms with Gasteiger partial charge in [-0.25, -0.2) is 4.39 Å². The van der Waals surface area contributed by atoms with Crippen molar-refractivity contribution in [2.45, 2.75) is 26.3 Å². The van der Waals surface area contributed by atoms with E-state index in [2.05, 4.69) is 5.32 Å². The summed E-state index contributed by atoms with van der Waals surface area (Å²) in [6.45, 7) is 3.90. The van der Waals surface area contributed by atoms with Crippen LogP contribution in [0.2, 0.25) is 0 Å². The average Bonchev–Trinajstić information content (AvgIpc) is 2.52. The molecule has 1 unspecified atom stereocenters. The lowest BCUT2D eigenvalue weighted by Crippen LogP contribution is -2.34. The highest BCUT2D eigenvalue weighted by Gasteiger charge is 2.37. The summed E-state index contributed by atoms with van der Waals surface area (Å²) in [5.74, 6) is -0.792. The molecule has 2 amide bonds. The van der Waals surface area contributed by atoms with Gasteiger partial charge in [-0.2, -0.15) is 0 Å². The molecule has 2 rings (SSSR count). The van der Waals surface area contributed by atoms with Gasteiger partial charge in [-0.05, 0) is 37.6 Å². The maximum atomic E-state index is 13.2. The minimum absolute atomic E-state index is 0.127. The lowest BCUT2D eigenvalue weighted by atomic mass is 10.2. The fraction of sp³-hybridized carbons (Fsp3) is 0.385. The molecule has 0 aromatic heterocycles. The summed E-state index contributed by atoms with van der Waals surface area (Å²) < 4.78 is 13.2. The maximum Gasteiger partial charge on any atom is 0.252 e. The Balaban J connectivity index is 2.15. The number of aryl methyl sites for hydroxylation is 1. The van der Waals surface area contributed by atoms with E-state index in [1.165, 1.54) is 17.0 Å². The minimum atomic E-state index is -0.585. The lowest BCUT2D eigenvalue weighted by molar-refractivity contribution is -0.138. The van der Waals surface area contributed by atoms with Gasteiger partial charge in [0.1, 0.15) is 11.9 Å². The summed E-state index contributed by atoms with van der Waals surface area (Å²) >= 11 is 0. The van der Waals surface area contributed by atoms with E-state index in [0.717, 1.165) is 5.56 Å². The second-order valence-electron chi connectivity index (χ2n) is 4.39. The molecule has 1 aliphatic heterocycles. The van der Waals surface area contributed by atoms with Gasteiger partial charge in [0.05, 0.1) is 6.42 Å². The fourth-order valence-electron chi connectivity index (χ4n) is 2.15. The monoisotopic (exact) mass is 250 g/mol. The number of carbonyl (C=O) groups is 2. The van der Waals surface area contributed by atoms with Crippen LogP contribution in [0.15, 0.2) is 18.2 Å². The molecular weight excluding hydrogens is 235 g/mol. The molecule has 4 nitrogen and oxygen atoms in total. The molecule has 1 aromatic rings. The standard InChI is InChI=1S/C13H15FN2O2/c1-3-16-12(17)7-11(13(16)18)15-10-5-8(2)4-9(14)6-10/h4-6,11,15H,3,7H2,1-2H3. The zero-order valence-electron chi connectivity index (χ0n) is 10.4. The van der Waals surface area contributed by atoms with Crippen LogP contribution in [-0.4, -0.2) is 29.3 Å². The summed E-state index contributed by atoms with van der Waals surface area (Å²) in [4.78, 5) is 24.6. The van der Waals surface area contributed by atoms with Crippen LogP contribution in [0.5, 0.6) is 0 Å². The number of likely N-dealkylation sites (tertiary alicyclic amines) is 1. The minimum Gasteiger partial charge on any atom is -0.373 e. The zero-order valence-corrected chi connectivity index (χ0v) is 10.4. The van der Waals surface area contributed by atoms with E-state index in [1.807, 2.05) is 0 Å². The number of amides is 2. The molecule has 0 radical (unpaired) electrons. The van der Waals surface area contributed by atoms with Gasteiger partial charge in [-0.15, -0.1) is 0 Å². The third-order valence-electron chi connectivity index (χ3n) is 2.94. The second-order valence-corrected chi connectivity index (χ2v) is 4.39. The SMILES string of the molecule is CCN1C(=O)CC(Nc2cc(C)cc(F)c2)C1=O. The summed E-state index contributed by atoms with van der Waals surface area (Å²) in [6, 6.07) is 3.89. The van der Waals surface area contributed by atoms with Gasteiger partial charge in [0.15, 0.2) is 0 Å². The first-order chi connectivity index (χ1) is 8.51. The Kier molecular flexibility index (Phi) is 3.32. The number of anilines is 1. The normalized spacial score (nSPS) is 19.5. The fourth-order valence-corrected chi connectivity index (χ4v) is 2.15. The summed E-state index contributed by atoms with van der Waals surface area (Å²) in [5.41, 5.74) is 1.29. The molecule has 1 aromatic carbocycles. The number of halogens is 1. The molecule has 0 aliphatic carbocycles. The van der Waals surface area contributed by atoms with Crippen molar-refractivity contribution in [3.05, 3.63) is 29.6 Å². The number of imide groups is 1. The van der Waals surface area contributed by atoms with E-state index >= 15 is 0 Å². The van der Waals surface area contributed by atoms with Crippen LogP contribution in [0.25, 0.3) is 0 Å². The van der Waals surface area contributed by atoms with Crippen LogP contribution in [0.4, 0.5) is 10.1 Å². The van der Waals surface area contributed by atoms with Gasteiger partial charge < -0.3 is 5.32 Å². The van der Waals surface area contributed by atoms with Crippen LogP contribution in [0.3, 0.4) is 0 Å². The Bertz CT molecular complexity index is 482. The van der Waals surface area contributed by atoms with Crippen molar-refractivity contribution in [1.29, 1.82) is 0 Å². The third kappa shape index (κ3) is 2.34. The Hall–Kier alpha value is -1.91. The molecule has 1 saturated heterocycles. The average molecular weight is 250 g/mol. The van der Waals surface area contributed by atoms with Crippen molar-refractivity contribution >= 4 is 17.5 Å². The van der Waals surface area contributed by atoms with E-state index in [1.54, 1.807) is 19.9 Å². The first-order valence-corrected chi connectivity index (χ1v) is 5.89. The van der Waals surface area contributed by atoms with Gasteiger partial charge >= 0.3 is 0 Å². The number of nitrogens with zero attached hydrogens (tertiary/aromatic N) is 1. The van der Waals surface area contributed by atoms with Crippen LogP contribution >= 0.6 is 0 Å². The highest BCUT2D eigenvalue weighted by Crippen LogP contribution is 2.20. The Morgan fingerprint density at radius 2 is 2.11 bits per heavy atom. The predicted octanol–water partition coefficient (Wildman–Crippen LogP) is 1.69. The van der Waals surface area contributed by atoms with Crippen molar-refractivity contribution in [3.8, 4) is 0 Å². The molecule has 5 heteroatoms. The third-order valence-corrected chi connectivity index (χ3v) is 2.94. The van der Waals surface area contributed by atoms with Gasteiger partial charge in [0.25, 0.3) is 5.91 Å². The first kappa shape index (κ1) is 12.5. The smallest absolute Gasteiger partial charge is 0.252 e. The Morgan fingerprint density at radius 3 is 2.67 bits per heavy atom. The highest BCUT2D eigenvalue weighted by atomic mass is 19.1. The highest BCUT2D eigenvalue weighted by molar-refractivity contribution is 6.06. The molecule has 96 valence electrons. The van der Waals surface area contributed by atoms with Gasteiger partial charge in [-0.3, -0.25) is 14.5 Å². The molecule has 1 atom stereocenters. The van der Waals surface area contributed by atoms with Crippen molar-refractivity contribution in [2.75, 3.05) is 11.9 Å². The largest absolute Gasteiger partial charge is 0.373 e. The molecule has 0 bridgehead atoms. The van der Waals surface area contributed by atoms with Gasteiger partial charge in [0, 0.05) is 12.2 Å². The summed E-state index contributed by atoms with van der Waals surface area (Å²) in [6.07, 6.45) is 0.127. The topological polar surface area (TPSA) is 49.4 Å². The van der Waals surface area contributed by atoms with E-state index in [4.69, 9.17) is 0 Å². The first-order valence-electron chi connectivity index (χ1n) is 5.89. The Morgan fingerprint density at radius 1 is 1.39 bits per heavy atom. The van der Waals surface area contributed by atoms with Crippen LogP contribution in [-0.2, 0) is 9.59 Å². The molecule has 1 aliphatic rings. The van der Waals surface area contributed by atoms with Crippen LogP contribution in [0, 0.1) is 12.7 Å².